The first-order chi connectivity index (χ1) is 9.67. The predicted octanol–water partition coefficient (Wildman–Crippen LogP) is 5.26. The van der Waals surface area contributed by atoms with Gasteiger partial charge in [0.15, 0.2) is 0 Å². The van der Waals surface area contributed by atoms with Crippen molar-refractivity contribution in [3.63, 3.8) is 0 Å². The van der Waals surface area contributed by atoms with E-state index in [1.165, 1.54) is 0 Å². The summed E-state index contributed by atoms with van der Waals surface area (Å²) in [5, 5.41) is 6.37. The SMILES string of the molecule is CCCNC(c1cc(Br)ccc1OC)c1sccc1Cl. The van der Waals surface area contributed by atoms with Crippen LogP contribution in [0, 0.1) is 0 Å². The molecule has 0 aliphatic heterocycles. The first kappa shape index (κ1) is 15.8. The summed E-state index contributed by atoms with van der Waals surface area (Å²) in [6.45, 7) is 3.08. The van der Waals surface area contributed by atoms with Crippen LogP contribution in [0.5, 0.6) is 5.75 Å². The van der Waals surface area contributed by atoms with Gasteiger partial charge >= 0.3 is 0 Å². The molecule has 0 aliphatic carbocycles. The first-order valence-electron chi connectivity index (χ1n) is 6.47. The summed E-state index contributed by atoms with van der Waals surface area (Å²) in [7, 11) is 1.69. The molecule has 0 saturated carbocycles. The first-order valence-corrected chi connectivity index (χ1v) is 8.52. The van der Waals surface area contributed by atoms with Crippen LogP contribution in [0.1, 0.15) is 29.8 Å². The maximum absolute atomic E-state index is 6.32. The molecule has 2 nitrogen and oxygen atoms in total. The third-order valence-corrected chi connectivity index (χ3v) is 4.92. The minimum Gasteiger partial charge on any atom is -0.496 e. The zero-order valence-corrected chi connectivity index (χ0v) is 14.6. The molecule has 1 heterocycles. The molecule has 0 aliphatic rings. The van der Waals surface area contributed by atoms with Gasteiger partial charge in [0, 0.05) is 14.9 Å². The number of halogens is 2. The Bertz CT molecular complexity index is 573. The van der Waals surface area contributed by atoms with Gasteiger partial charge in [-0.25, -0.2) is 0 Å². The molecule has 108 valence electrons. The van der Waals surface area contributed by atoms with Gasteiger partial charge in [-0.1, -0.05) is 34.5 Å². The van der Waals surface area contributed by atoms with Crippen molar-refractivity contribution in [3.8, 4) is 5.75 Å². The van der Waals surface area contributed by atoms with Crippen molar-refractivity contribution in [1.29, 1.82) is 0 Å². The molecule has 20 heavy (non-hydrogen) atoms. The highest BCUT2D eigenvalue weighted by Gasteiger charge is 2.21. The molecule has 0 spiro atoms. The minimum absolute atomic E-state index is 0.0508. The zero-order valence-electron chi connectivity index (χ0n) is 11.5. The molecule has 0 bridgehead atoms. The lowest BCUT2D eigenvalue weighted by Crippen LogP contribution is -2.23. The molecule has 0 amide bonds. The van der Waals surface area contributed by atoms with E-state index in [0.29, 0.717) is 0 Å². The summed E-state index contributed by atoms with van der Waals surface area (Å²) < 4.78 is 6.53. The number of thiophene rings is 1. The van der Waals surface area contributed by atoms with Gasteiger partial charge in [-0.15, -0.1) is 11.3 Å². The fourth-order valence-electron chi connectivity index (χ4n) is 2.07. The van der Waals surface area contributed by atoms with E-state index in [1.807, 2.05) is 23.6 Å². The van der Waals surface area contributed by atoms with E-state index < -0.39 is 0 Å². The van der Waals surface area contributed by atoms with Crippen LogP contribution in [0.4, 0.5) is 0 Å². The maximum Gasteiger partial charge on any atom is 0.124 e. The van der Waals surface area contributed by atoms with Crippen LogP contribution < -0.4 is 10.1 Å². The summed E-state index contributed by atoms with van der Waals surface area (Å²) in [6.07, 6.45) is 1.07. The van der Waals surface area contributed by atoms with Gasteiger partial charge in [-0.2, -0.15) is 0 Å². The predicted molar refractivity (Wildman–Crippen MR) is 90.2 cm³/mol. The number of rotatable bonds is 6. The van der Waals surface area contributed by atoms with Gasteiger partial charge in [-0.05, 0) is 42.6 Å². The summed E-state index contributed by atoms with van der Waals surface area (Å²) in [6, 6.07) is 8.03. The highest BCUT2D eigenvalue weighted by molar-refractivity contribution is 9.10. The van der Waals surface area contributed by atoms with E-state index in [4.69, 9.17) is 16.3 Å². The molecule has 1 N–H and O–H groups in total. The van der Waals surface area contributed by atoms with Gasteiger partial charge < -0.3 is 10.1 Å². The van der Waals surface area contributed by atoms with Crippen molar-refractivity contribution in [2.45, 2.75) is 19.4 Å². The van der Waals surface area contributed by atoms with Gasteiger partial charge in [0.25, 0.3) is 0 Å². The average molecular weight is 375 g/mol. The maximum atomic E-state index is 6.32. The molecule has 1 atom stereocenters. The molecule has 0 saturated heterocycles. The highest BCUT2D eigenvalue weighted by Crippen LogP contribution is 2.37. The summed E-state index contributed by atoms with van der Waals surface area (Å²) in [4.78, 5) is 1.12. The van der Waals surface area contributed by atoms with Gasteiger partial charge in [0.05, 0.1) is 18.2 Å². The van der Waals surface area contributed by atoms with Crippen LogP contribution in [-0.4, -0.2) is 13.7 Å². The van der Waals surface area contributed by atoms with E-state index in [0.717, 1.165) is 38.7 Å². The van der Waals surface area contributed by atoms with Crippen molar-refractivity contribution < 1.29 is 4.74 Å². The molecule has 2 aromatic rings. The standard InChI is InChI=1S/C15H17BrClNOS/c1-3-7-18-14(15-12(17)6-8-20-15)11-9-10(16)4-5-13(11)19-2/h4-6,8-9,14,18H,3,7H2,1-2H3. The Morgan fingerprint density at radius 2 is 2.20 bits per heavy atom. The van der Waals surface area contributed by atoms with Gasteiger partial charge in [0.1, 0.15) is 5.75 Å². The topological polar surface area (TPSA) is 21.3 Å². The van der Waals surface area contributed by atoms with Gasteiger partial charge in [0.2, 0.25) is 0 Å². The summed E-state index contributed by atoms with van der Waals surface area (Å²) >= 11 is 11.5. The summed E-state index contributed by atoms with van der Waals surface area (Å²) in [5.41, 5.74) is 1.10. The number of methoxy groups -OCH3 is 1. The van der Waals surface area contributed by atoms with E-state index in [9.17, 15) is 0 Å². The Labute approximate surface area is 137 Å². The third-order valence-electron chi connectivity index (χ3n) is 3.01. The van der Waals surface area contributed by atoms with Crippen LogP contribution in [-0.2, 0) is 0 Å². The van der Waals surface area contributed by atoms with E-state index in [2.05, 4.69) is 34.2 Å². The number of benzene rings is 1. The Morgan fingerprint density at radius 1 is 1.40 bits per heavy atom. The largest absolute Gasteiger partial charge is 0.496 e. The highest BCUT2D eigenvalue weighted by atomic mass is 79.9. The monoisotopic (exact) mass is 373 g/mol. The van der Waals surface area contributed by atoms with Crippen LogP contribution in [0.2, 0.25) is 5.02 Å². The lowest BCUT2D eigenvalue weighted by Gasteiger charge is -2.21. The van der Waals surface area contributed by atoms with E-state index >= 15 is 0 Å². The van der Waals surface area contributed by atoms with E-state index in [1.54, 1.807) is 18.4 Å². The summed E-state index contributed by atoms with van der Waals surface area (Å²) in [5.74, 6) is 0.867. The van der Waals surface area contributed by atoms with Crippen LogP contribution in [0.3, 0.4) is 0 Å². The van der Waals surface area contributed by atoms with E-state index in [-0.39, 0.29) is 6.04 Å². The number of hydrogen-bond donors (Lipinski definition) is 1. The van der Waals surface area contributed by atoms with Crippen molar-refractivity contribution in [3.05, 3.63) is 49.6 Å². The molecule has 0 fully saturated rings. The van der Waals surface area contributed by atoms with Crippen LogP contribution in [0.15, 0.2) is 34.1 Å². The second kappa shape index (κ2) is 7.46. The fourth-order valence-corrected chi connectivity index (χ4v) is 3.71. The third kappa shape index (κ3) is 3.55. The molecule has 1 aromatic carbocycles. The van der Waals surface area contributed by atoms with Crippen molar-refractivity contribution in [2.24, 2.45) is 0 Å². The fraction of sp³-hybridized carbons (Fsp3) is 0.333. The lowest BCUT2D eigenvalue weighted by atomic mass is 10.0. The molecular formula is C15H17BrClNOS. The second-order valence-electron chi connectivity index (χ2n) is 4.41. The molecule has 0 radical (unpaired) electrons. The number of hydrogen-bond acceptors (Lipinski definition) is 3. The second-order valence-corrected chi connectivity index (χ2v) is 6.68. The van der Waals surface area contributed by atoms with Crippen molar-refractivity contribution in [1.82, 2.24) is 5.32 Å². The normalized spacial score (nSPS) is 12.4. The number of ether oxygens (including phenoxy) is 1. The Hall–Kier alpha value is -0.550. The zero-order chi connectivity index (χ0) is 14.5. The molecule has 2 rings (SSSR count). The molecule has 5 heteroatoms. The van der Waals surface area contributed by atoms with Gasteiger partial charge in [-0.3, -0.25) is 0 Å². The Morgan fingerprint density at radius 3 is 2.80 bits per heavy atom. The quantitative estimate of drug-likeness (QED) is 0.744. The Balaban J connectivity index is 2.46. The van der Waals surface area contributed by atoms with Crippen molar-refractivity contribution >= 4 is 38.9 Å². The number of nitrogens with one attached hydrogen (secondary N) is 1. The Kier molecular flexibility index (Phi) is 5.90. The molecule has 1 aromatic heterocycles. The minimum atomic E-state index is 0.0508. The van der Waals surface area contributed by atoms with Crippen LogP contribution >= 0.6 is 38.9 Å². The lowest BCUT2D eigenvalue weighted by molar-refractivity contribution is 0.404. The smallest absolute Gasteiger partial charge is 0.124 e. The average Bonchev–Trinajstić information content (AvgIpc) is 2.86. The van der Waals surface area contributed by atoms with Crippen LogP contribution in [0.25, 0.3) is 0 Å². The molecular weight excluding hydrogens is 358 g/mol. The van der Waals surface area contributed by atoms with Crippen molar-refractivity contribution in [2.75, 3.05) is 13.7 Å². The molecule has 1 unspecified atom stereocenters.